The van der Waals surface area contributed by atoms with Gasteiger partial charge in [0.25, 0.3) is 0 Å². The Balaban J connectivity index is 0.00000243. The van der Waals surface area contributed by atoms with Crippen LogP contribution >= 0.6 is 35.5 Å². The van der Waals surface area contributed by atoms with E-state index in [9.17, 15) is 0 Å². The second-order valence-corrected chi connectivity index (χ2v) is 6.65. The van der Waals surface area contributed by atoms with E-state index in [1.54, 1.807) is 0 Å². The fourth-order valence-electron chi connectivity index (χ4n) is 2.83. The first-order valence-corrected chi connectivity index (χ1v) is 9.58. The van der Waals surface area contributed by atoms with E-state index >= 15 is 0 Å². The van der Waals surface area contributed by atoms with Gasteiger partial charge in [0.15, 0.2) is 5.96 Å². The third kappa shape index (κ3) is 5.53. The van der Waals surface area contributed by atoms with E-state index in [0.717, 1.165) is 69.0 Å². The lowest BCUT2D eigenvalue weighted by molar-refractivity contribution is 0.371. The molecule has 1 fully saturated rings. The summed E-state index contributed by atoms with van der Waals surface area (Å²) < 4.78 is 6.34. The molecular weight excluding hydrogens is 463 g/mol. The average molecular weight is 490 g/mol. The molecule has 10 heteroatoms. The van der Waals surface area contributed by atoms with Crippen LogP contribution in [0.15, 0.2) is 23.5 Å². The number of aliphatic imine (C=N–C) groups is 1. The number of rotatable bonds is 6. The van der Waals surface area contributed by atoms with Crippen molar-refractivity contribution < 1.29 is 0 Å². The summed E-state index contributed by atoms with van der Waals surface area (Å²) >= 11 is 1.50. The number of nitrogens with one attached hydrogen (secondary N) is 1. The van der Waals surface area contributed by atoms with Crippen LogP contribution in [0.1, 0.15) is 19.2 Å². The van der Waals surface area contributed by atoms with Crippen LogP contribution in [0.2, 0.25) is 0 Å². The Kier molecular flexibility index (Phi) is 8.55. The van der Waals surface area contributed by atoms with Crippen molar-refractivity contribution >= 4 is 46.6 Å². The maximum atomic E-state index is 4.59. The minimum Gasteiger partial charge on any atom is -0.356 e. The van der Waals surface area contributed by atoms with Crippen molar-refractivity contribution in [1.29, 1.82) is 0 Å². The number of nitrogens with zero attached hydrogens (tertiary/aromatic N) is 7. The summed E-state index contributed by atoms with van der Waals surface area (Å²) in [5.74, 6) is 1.92. The van der Waals surface area contributed by atoms with Crippen LogP contribution in [-0.2, 0) is 13.0 Å². The van der Waals surface area contributed by atoms with Crippen LogP contribution in [0.4, 0.5) is 5.13 Å². The molecule has 2 aromatic rings. The first kappa shape index (κ1) is 20.9. The van der Waals surface area contributed by atoms with E-state index in [2.05, 4.69) is 41.5 Å². The van der Waals surface area contributed by atoms with Gasteiger partial charge in [0, 0.05) is 76.7 Å². The topological polar surface area (TPSA) is 74.5 Å². The quantitative estimate of drug-likeness (QED) is 0.288. The fourth-order valence-corrected chi connectivity index (χ4v) is 3.63. The highest BCUT2D eigenvalue weighted by atomic mass is 127. The summed E-state index contributed by atoms with van der Waals surface area (Å²) in [5.41, 5.74) is 0. The van der Waals surface area contributed by atoms with Crippen LogP contribution in [0, 0.1) is 0 Å². The molecule has 0 aliphatic carbocycles. The van der Waals surface area contributed by atoms with Gasteiger partial charge in [0.05, 0.1) is 0 Å². The highest BCUT2D eigenvalue weighted by molar-refractivity contribution is 14.0. The first-order chi connectivity index (χ1) is 12.3. The number of aryl methyl sites for hydroxylation is 2. The molecular formula is C16H27IN8S. The van der Waals surface area contributed by atoms with Gasteiger partial charge in [-0.05, 0) is 12.5 Å². The Morgan fingerprint density at radius 3 is 2.73 bits per heavy atom. The summed E-state index contributed by atoms with van der Waals surface area (Å²) in [6, 6.07) is 1.95. The Hall–Kier alpha value is -1.43. The molecule has 0 saturated carbocycles. The lowest BCUT2D eigenvalue weighted by atomic mass is 10.3. The van der Waals surface area contributed by atoms with E-state index in [-0.39, 0.29) is 24.0 Å². The molecule has 1 aliphatic rings. The minimum absolute atomic E-state index is 0. The molecule has 1 N–H and O–H groups in total. The first-order valence-electron chi connectivity index (χ1n) is 8.80. The molecule has 2 aromatic heterocycles. The van der Waals surface area contributed by atoms with E-state index in [1.165, 1.54) is 11.5 Å². The van der Waals surface area contributed by atoms with Crippen LogP contribution in [0.3, 0.4) is 0 Å². The van der Waals surface area contributed by atoms with Gasteiger partial charge in [0.2, 0.25) is 5.13 Å². The number of hydrogen-bond donors (Lipinski definition) is 1. The lowest BCUT2D eigenvalue weighted by Gasteiger charge is -2.36. The van der Waals surface area contributed by atoms with Crippen molar-refractivity contribution in [3.05, 3.63) is 24.3 Å². The zero-order valence-corrected chi connectivity index (χ0v) is 18.5. The summed E-state index contributed by atoms with van der Waals surface area (Å²) in [6.07, 6.45) is 5.72. The minimum atomic E-state index is 0. The second-order valence-electron chi connectivity index (χ2n) is 5.92. The molecule has 1 saturated heterocycles. The van der Waals surface area contributed by atoms with E-state index in [4.69, 9.17) is 0 Å². The van der Waals surface area contributed by atoms with Crippen molar-refractivity contribution in [2.24, 2.45) is 4.99 Å². The molecule has 0 atom stereocenters. The predicted molar refractivity (Wildman–Crippen MR) is 117 cm³/mol. The predicted octanol–water partition coefficient (Wildman–Crippen LogP) is 1.70. The molecule has 0 radical (unpaired) electrons. The van der Waals surface area contributed by atoms with Gasteiger partial charge in [-0.2, -0.15) is 9.47 Å². The highest BCUT2D eigenvalue weighted by Crippen LogP contribution is 2.19. The summed E-state index contributed by atoms with van der Waals surface area (Å²) in [5, 5.41) is 8.72. The molecule has 1 aliphatic heterocycles. The fraction of sp³-hybridized carbons (Fsp3) is 0.625. The molecule has 3 rings (SSSR count). The Morgan fingerprint density at radius 1 is 1.31 bits per heavy atom. The van der Waals surface area contributed by atoms with Gasteiger partial charge in [0.1, 0.15) is 5.82 Å². The van der Waals surface area contributed by atoms with Gasteiger partial charge < -0.3 is 15.1 Å². The van der Waals surface area contributed by atoms with Crippen molar-refractivity contribution in [3.63, 3.8) is 0 Å². The number of anilines is 1. The molecule has 8 nitrogen and oxygen atoms in total. The van der Waals surface area contributed by atoms with Gasteiger partial charge in [-0.1, -0.05) is 6.92 Å². The molecule has 0 unspecified atom stereocenters. The summed E-state index contributed by atoms with van der Waals surface area (Å²) in [4.78, 5) is 13.6. The van der Waals surface area contributed by atoms with Crippen LogP contribution in [0.5, 0.6) is 0 Å². The Labute approximate surface area is 175 Å². The Morgan fingerprint density at radius 2 is 2.12 bits per heavy atom. The summed E-state index contributed by atoms with van der Waals surface area (Å²) in [6.45, 7) is 7.69. The largest absolute Gasteiger partial charge is 0.356 e. The number of piperazine rings is 1. The number of hydrogen-bond acceptors (Lipinski definition) is 6. The number of halogens is 1. The van der Waals surface area contributed by atoms with E-state index in [0.29, 0.717) is 0 Å². The molecule has 0 bridgehead atoms. The average Bonchev–Trinajstić information content (AvgIpc) is 3.34. The van der Waals surface area contributed by atoms with Crippen LogP contribution < -0.4 is 10.2 Å². The highest BCUT2D eigenvalue weighted by Gasteiger charge is 2.21. The number of guanidine groups is 1. The molecule has 26 heavy (non-hydrogen) atoms. The molecule has 0 spiro atoms. The van der Waals surface area contributed by atoms with Crippen molar-refractivity contribution in [3.8, 4) is 0 Å². The standard InChI is InChI=1S/C16H26N8S.HI/c1-3-14-20-16(25-21-14)23-12-10-22(11-13-23)15(17-2)18-6-4-8-24-9-5-7-19-24;/h5,7,9H,3-4,6,8,10-13H2,1-2H3,(H,17,18);1H. The summed E-state index contributed by atoms with van der Waals surface area (Å²) in [7, 11) is 1.85. The molecule has 0 aromatic carbocycles. The van der Waals surface area contributed by atoms with Gasteiger partial charge in [-0.15, -0.1) is 24.0 Å². The number of aromatic nitrogens is 4. The monoisotopic (exact) mass is 490 g/mol. The molecule has 0 amide bonds. The maximum Gasteiger partial charge on any atom is 0.205 e. The van der Waals surface area contributed by atoms with Crippen LogP contribution in [-0.4, -0.2) is 69.8 Å². The maximum absolute atomic E-state index is 4.59. The van der Waals surface area contributed by atoms with Crippen molar-refractivity contribution in [2.45, 2.75) is 26.3 Å². The third-order valence-electron chi connectivity index (χ3n) is 4.24. The van der Waals surface area contributed by atoms with Gasteiger partial charge in [-0.3, -0.25) is 9.67 Å². The zero-order chi connectivity index (χ0) is 17.5. The third-order valence-corrected chi connectivity index (χ3v) is 5.06. The van der Waals surface area contributed by atoms with E-state index in [1.807, 2.05) is 30.2 Å². The second kappa shape index (κ2) is 10.7. The van der Waals surface area contributed by atoms with Gasteiger partial charge >= 0.3 is 0 Å². The smallest absolute Gasteiger partial charge is 0.205 e. The van der Waals surface area contributed by atoms with Crippen LogP contribution in [0.25, 0.3) is 0 Å². The van der Waals surface area contributed by atoms with E-state index < -0.39 is 0 Å². The normalized spacial score (nSPS) is 15.1. The van der Waals surface area contributed by atoms with Gasteiger partial charge in [-0.25, -0.2) is 4.98 Å². The zero-order valence-electron chi connectivity index (χ0n) is 15.3. The Bertz CT molecular complexity index is 664. The van der Waals surface area contributed by atoms with Crippen molar-refractivity contribution in [1.82, 2.24) is 29.4 Å². The molecule has 144 valence electrons. The SMILES string of the molecule is CCc1nsc(N2CCN(C(=NC)NCCCn3cccn3)CC2)n1.I. The molecule has 3 heterocycles. The van der Waals surface area contributed by atoms with Crippen molar-refractivity contribution in [2.75, 3.05) is 44.7 Å². The lowest BCUT2D eigenvalue weighted by Crippen LogP contribution is -2.52.